The predicted octanol–water partition coefficient (Wildman–Crippen LogP) is 3.34. The van der Waals surface area contributed by atoms with Crippen LogP contribution in [0, 0.1) is 17.2 Å². The first-order valence-corrected chi connectivity index (χ1v) is 11.2. The normalized spacial score (nSPS) is 17.8. The second kappa shape index (κ2) is 8.47. The summed E-state index contributed by atoms with van der Waals surface area (Å²) in [5.41, 5.74) is 2.94. The Morgan fingerprint density at radius 2 is 2.06 bits per heavy atom. The molecule has 1 aliphatic carbocycles. The molecule has 1 atom stereocenters. The van der Waals surface area contributed by atoms with Crippen LogP contribution in [-0.2, 0) is 11.8 Å². The van der Waals surface area contributed by atoms with E-state index in [2.05, 4.69) is 36.9 Å². The van der Waals surface area contributed by atoms with E-state index in [1.165, 1.54) is 23.3 Å². The maximum Gasteiger partial charge on any atom is 0.228 e. The van der Waals surface area contributed by atoms with Gasteiger partial charge in [0, 0.05) is 49.0 Å². The summed E-state index contributed by atoms with van der Waals surface area (Å²) in [5.74, 6) is -0.328. The van der Waals surface area contributed by atoms with Crippen molar-refractivity contribution < 1.29 is 13.7 Å². The van der Waals surface area contributed by atoms with E-state index in [1.54, 1.807) is 7.05 Å². The summed E-state index contributed by atoms with van der Waals surface area (Å²) >= 11 is 0. The van der Waals surface area contributed by atoms with Crippen molar-refractivity contribution in [3.8, 4) is 17.3 Å². The highest BCUT2D eigenvalue weighted by Gasteiger charge is 2.35. The fraction of sp³-hybridized carbons (Fsp3) is 0.375. The summed E-state index contributed by atoms with van der Waals surface area (Å²) in [7, 11) is 3.54. The van der Waals surface area contributed by atoms with Gasteiger partial charge < -0.3 is 15.5 Å². The van der Waals surface area contributed by atoms with Gasteiger partial charge in [-0.25, -0.2) is 9.97 Å². The Labute approximate surface area is 206 Å². The van der Waals surface area contributed by atoms with E-state index in [9.17, 15) is 14.9 Å². The molecule has 4 heterocycles. The monoisotopic (exact) mass is 474 g/mol. The maximum absolute atomic E-state index is 13.0. The number of nitriles is 1. The molecule has 3 aromatic heterocycles. The number of carbonyl (C=O) groups is 2. The highest BCUT2D eigenvalue weighted by molar-refractivity contribution is 6.03. The molecule has 1 aliphatic heterocycles. The fourth-order valence-corrected chi connectivity index (χ4v) is 4.16. The van der Waals surface area contributed by atoms with Crippen molar-refractivity contribution in [3.05, 3.63) is 35.3 Å². The lowest BCUT2D eigenvalue weighted by Crippen LogP contribution is -2.28. The van der Waals surface area contributed by atoms with E-state index < -0.39 is 19.1 Å². The first-order chi connectivity index (χ1) is 18.0. The molecule has 35 heavy (non-hydrogen) atoms. The standard InChI is InChI=1S/C24H25N9O2/c1-5-17(34)15-11-26-18(29-24(35)13-6-7-13)8-16(15)28-23-22-19(14(9-25)10-27-23)21-20(12(2)32(22)3)30-33(4)31-21/h8,10-13H,5-7H2,1-4H3,(H2,26,27,28,29,35)/t12-/m0/s1/i1D3. The average Bonchev–Trinajstić information content (AvgIpc) is 3.62. The number of hydrogen-bond donors (Lipinski definition) is 2. The molecule has 178 valence electrons. The van der Waals surface area contributed by atoms with Crippen LogP contribution < -0.4 is 15.5 Å². The lowest BCUT2D eigenvalue weighted by Gasteiger charge is -2.33. The largest absolute Gasteiger partial charge is 0.363 e. The number of pyridine rings is 2. The molecule has 11 nitrogen and oxygen atoms in total. The van der Waals surface area contributed by atoms with Crippen molar-refractivity contribution in [2.45, 2.75) is 39.1 Å². The minimum absolute atomic E-state index is 0.0390. The SMILES string of the molecule is [2H]C([2H])([2H])CC(=O)c1cnc(NC(=O)C2CC2)cc1Nc1ncc(C#N)c2c1N(C)[C@@H](C)c1nn(C)nc1-2. The summed E-state index contributed by atoms with van der Waals surface area (Å²) in [6.45, 7) is -0.528. The lowest BCUT2D eigenvalue weighted by atomic mass is 9.95. The summed E-state index contributed by atoms with van der Waals surface area (Å²) < 4.78 is 22.6. The zero-order valence-corrected chi connectivity index (χ0v) is 19.5. The van der Waals surface area contributed by atoms with Gasteiger partial charge in [0.05, 0.1) is 34.1 Å². The third kappa shape index (κ3) is 3.86. The molecule has 3 aromatic rings. The average molecular weight is 475 g/mol. The van der Waals surface area contributed by atoms with Gasteiger partial charge >= 0.3 is 0 Å². The Kier molecular flexibility index (Phi) is 4.60. The van der Waals surface area contributed by atoms with E-state index in [1.807, 2.05) is 18.9 Å². The molecular weight excluding hydrogens is 446 g/mol. The highest BCUT2D eigenvalue weighted by Crippen LogP contribution is 2.47. The molecule has 0 radical (unpaired) electrons. The number of carbonyl (C=O) groups excluding carboxylic acids is 2. The van der Waals surface area contributed by atoms with Gasteiger partial charge in [0.2, 0.25) is 5.91 Å². The lowest BCUT2D eigenvalue weighted by molar-refractivity contribution is -0.117. The zero-order valence-electron chi connectivity index (χ0n) is 22.5. The number of nitrogens with zero attached hydrogens (tertiary/aromatic N) is 7. The van der Waals surface area contributed by atoms with Crippen LogP contribution in [0.25, 0.3) is 11.3 Å². The van der Waals surface area contributed by atoms with E-state index in [0.29, 0.717) is 34.0 Å². The minimum Gasteiger partial charge on any atom is -0.363 e. The number of aryl methyl sites for hydroxylation is 1. The van der Waals surface area contributed by atoms with E-state index in [0.717, 1.165) is 12.8 Å². The number of nitrogens with one attached hydrogen (secondary N) is 2. The van der Waals surface area contributed by atoms with E-state index in [-0.39, 0.29) is 34.9 Å². The second-order valence-electron chi connectivity index (χ2n) is 8.67. The van der Waals surface area contributed by atoms with Crippen LogP contribution in [0.4, 0.5) is 23.0 Å². The molecule has 1 fully saturated rings. The van der Waals surface area contributed by atoms with Gasteiger partial charge in [0.15, 0.2) is 11.6 Å². The number of amides is 1. The summed E-state index contributed by atoms with van der Waals surface area (Å²) in [6.07, 6.45) is 3.59. The topological polar surface area (TPSA) is 142 Å². The quantitative estimate of drug-likeness (QED) is 0.514. The number of Topliss-reactive ketones (excluding diaryl/α,β-unsaturated/α-hetero) is 1. The van der Waals surface area contributed by atoms with Crippen molar-refractivity contribution in [3.63, 3.8) is 0 Å². The fourth-order valence-electron chi connectivity index (χ4n) is 4.16. The first kappa shape index (κ1) is 19.0. The van der Waals surface area contributed by atoms with Gasteiger partial charge in [0.1, 0.15) is 23.3 Å². The molecule has 1 saturated carbocycles. The highest BCUT2D eigenvalue weighted by atomic mass is 16.2. The molecule has 0 aromatic carbocycles. The molecule has 0 saturated heterocycles. The Hall–Kier alpha value is -4.33. The summed E-state index contributed by atoms with van der Waals surface area (Å²) in [4.78, 5) is 37.3. The smallest absolute Gasteiger partial charge is 0.228 e. The Balaban J connectivity index is 1.62. The third-order valence-electron chi connectivity index (χ3n) is 6.30. The molecule has 5 rings (SSSR count). The number of fused-ring (bicyclic) bond motifs is 3. The van der Waals surface area contributed by atoms with Gasteiger partial charge in [-0.3, -0.25) is 9.59 Å². The first-order valence-electron chi connectivity index (χ1n) is 12.7. The molecule has 0 spiro atoms. The van der Waals surface area contributed by atoms with Crippen molar-refractivity contribution in [1.82, 2.24) is 25.0 Å². The van der Waals surface area contributed by atoms with Gasteiger partial charge in [0.25, 0.3) is 0 Å². The van der Waals surface area contributed by atoms with Crippen molar-refractivity contribution in [2.24, 2.45) is 13.0 Å². The van der Waals surface area contributed by atoms with E-state index >= 15 is 0 Å². The summed E-state index contributed by atoms with van der Waals surface area (Å²) in [5, 5.41) is 24.7. The van der Waals surface area contributed by atoms with Gasteiger partial charge in [-0.2, -0.15) is 20.3 Å². The van der Waals surface area contributed by atoms with Crippen LogP contribution in [0.1, 0.15) is 64.8 Å². The molecule has 2 N–H and O–H groups in total. The van der Waals surface area contributed by atoms with E-state index in [4.69, 9.17) is 4.11 Å². The van der Waals surface area contributed by atoms with Crippen molar-refractivity contribution >= 4 is 34.7 Å². The van der Waals surface area contributed by atoms with Crippen LogP contribution in [-0.4, -0.2) is 43.7 Å². The van der Waals surface area contributed by atoms with Gasteiger partial charge in [-0.15, -0.1) is 0 Å². The number of hydrogen-bond acceptors (Lipinski definition) is 9. The molecule has 2 aliphatic rings. The second-order valence-corrected chi connectivity index (χ2v) is 8.67. The van der Waals surface area contributed by atoms with Crippen LogP contribution in [0.15, 0.2) is 18.5 Å². The number of ketones is 1. The Morgan fingerprint density at radius 3 is 2.77 bits per heavy atom. The molecule has 11 heteroatoms. The van der Waals surface area contributed by atoms with Crippen LogP contribution >= 0.6 is 0 Å². The van der Waals surface area contributed by atoms with Gasteiger partial charge in [-0.1, -0.05) is 6.85 Å². The summed E-state index contributed by atoms with van der Waals surface area (Å²) in [6, 6.07) is 3.45. The van der Waals surface area contributed by atoms with Gasteiger partial charge in [-0.05, 0) is 19.8 Å². The molecular formula is C24H25N9O2. The van der Waals surface area contributed by atoms with Crippen LogP contribution in [0.5, 0.6) is 0 Å². The minimum atomic E-state index is -2.48. The molecule has 0 bridgehead atoms. The van der Waals surface area contributed by atoms with Crippen LogP contribution in [0.3, 0.4) is 0 Å². The number of anilines is 4. The zero-order chi connectivity index (χ0) is 27.4. The number of rotatable bonds is 6. The number of aromatic nitrogens is 5. The molecule has 1 amide bonds. The van der Waals surface area contributed by atoms with Crippen LogP contribution in [0.2, 0.25) is 0 Å². The molecule has 0 unspecified atom stereocenters. The van der Waals surface area contributed by atoms with Crippen molar-refractivity contribution in [1.29, 1.82) is 5.26 Å². The van der Waals surface area contributed by atoms with Crippen molar-refractivity contribution in [2.75, 3.05) is 22.6 Å². The predicted molar refractivity (Wildman–Crippen MR) is 129 cm³/mol. The maximum atomic E-state index is 13.0. The Morgan fingerprint density at radius 1 is 1.26 bits per heavy atom. The third-order valence-corrected chi connectivity index (χ3v) is 6.30. The Bertz CT molecular complexity index is 1500.